The van der Waals surface area contributed by atoms with Gasteiger partial charge in [0.05, 0.1) is 13.0 Å². The van der Waals surface area contributed by atoms with Gasteiger partial charge >= 0.3 is 5.97 Å². The van der Waals surface area contributed by atoms with Crippen LogP contribution in [-0.2, 0) is 4.79 Å². The molecule has 3 heteroatoms. The van der Waals surface area contributed by atoms with Crippen LogP contribution in [0.2, 0.25) is 0 Å². The normalized spacial score (nSPS) is 19.2. The smallest absolute Gasteiger partial charge is 0.306 e. The summed E-state index contributed by atoms with van der Waals surface area (Å²) in [5, 5.41) is 8.99. The number of ether oxygens (including phenoxy) is 1. The Balaban J connectivity index is 2.27. The average molecular weight is 246 g/mol. The fourth-order valence-corrected chi connectivity index (χ4v) is 2.38. The summed E-state index contributed by atoms with van der Waals surface area (Å²) in [4.78, 5) is 10.9. The van der Waals surface area contributed by atoms with E-state index in [2.05, 4.69) is 6.07 Å². The number of hydrogen-bond acceptors (Lipinski definition) is 2. The van der Waals surface area contributed by atoms with Crippen molar-refractivity contribution in [2.24, 2.45) is 5.92 Å². The molecule has 1 aromatic carbocycles. The van der Waals surface area contributed by atoms with Crippen LogP contribution in [0.5, 0.6) is 5.75 Å². The van der Waals surface area contributed by atoms with E-state index in [9.17, 15) is 4.79 Å². The van der Waals surface area contributed by atoms with E-state index in [0.717, 1.165) is 17.7 Å². The third-order valence-corrected chi connectivity index (χ3v) is 3.46. The number of rotatable bonds is 3. The van der Waals surface area contributed by atoms with Crippen LogP contribution in [0.25, 0.3) is 5.57 Å². The molecule has 2 rings (SSSR count). The SMILES string of the molecule is COc1ccc(C)cc1C1=CCC(C(=O)O)CC1. The van der Waals surface area contributed by atoms with Gasteiger partial charge in [0.25, 0.3) is 0 Å². The van der Waals surface area contributed by atoms with E-state index in [1.165, 1.54) is 11.1 Å². The molecule has 0 bridgehead atoms. The van der Waals surface area contributed by atoms with Crippen molar-refractivity contribution in [1.82, 2.24) is 0 Å². The number of carboxylic acid groups (broad SMARTS) is 1. The highest BCUT2D eigenvalue weighted by Crippen LogP contribution is 2.35. The predicted octanol–water partition coefficient (Wildman–Crippen LogP) is 3.27. The number of benzene rings is 1. The fourth-order valence-electron chi connectivity index (χ4n) is 2.38. The monoisotopic (exact) mass is 246 g/mol. The highest BCUT2D eigenvalue weighted by molar-refractivity contribution is 5.76. The molecule has 1 unspecified atom stereocenters. The van der Waals surface area contributed by atoms with Crippen LogP contribution in [0.4, 0.5) is 0 Å². The van der Waals surface area contributed by atoms with Crippen LogP contribution < -0.4 is 4.74 Å². The lowest BCUT2D eigenvalue weighted by atomic mass is 9.86. The summed E-state index contributed by atoms with van der Waals surface area (Å²) >= 11 is 0. The maximum atomic E-state index is 10.9. The number of aliphatic carboxylic acids is 1. The van der Waals surface area contributed by atoms with Gasteiger partial charge in [-0.15, -0.1) is 0 Å². The number of aryl methyl sites for hydroxylation is 1. The van der Waals surface area contributed by atoms with Crippen molar-refractivity contribution in [3.8, 4) is 5.75 Å². The van der Waals surface area contributed by atoms with Gasteiger partial charge in [0, 0.05) is 5.56 Å². The molecule has 0 heterocycles. The summed E-state index contributed by atoms with van der Waals surface area (Å²) < 4.78 is 5.37. The Kier molecular flexibility index (Phi) is 3.70. The van der Waals surface area contributed by atoms with E-state index >= 15 is 0 Å². The van der Waals surface area contributed by atoms with Crippen LogP contribution in [0.3, 0.4) is 0 Å². The first-order chi connectivity index (χ1) is 8.61. The minimum absolute atomic E-state index is 0.232. The minimum Gasteiger partial charge on any atom is -0.496 e. The van der Waals surface area contributed by atoms with E-state index in [0.29, 0.717) is 12.8 Å². The Morgan fingerprint density at radius 1 is 1.44 bits per heavy atom. The average Bonchev–Trinajstić information content (AvgIpc) is 2.39. The zero-order chi connectivity index (χ0) is 13.1. The molecule has 0 aliphatic heterocycles. The number of hydrogen-bond donors (Lipinski definition) is 1. The summed E-state index contributed by atoms with van der Waals surface area (Å²) in [5.41, 5.74) is 3.49. The molecular weight excluding hydrogens is 228 g/mol. The molecule has 1 atom stereocenters. The Hall–Kier alpha value is -1.77. The lowest BCUT2D eigenvalue weighted by Gasteiger charge is -2.20. The van der Waals surface area contributed by atoms with Crippen molar-refractivity contribution in [2.75, 3.05) is 7.11 Å². The third-order valence-electron chi connectivity index (χ3n) is 3.46. The Morgan fingerprint density at radius 3 is 2.78 bits per heavy atom. The highest BCUT2D eigenvalue weighted by Gasteiger charge is 2.22. The van der Waals surface area contributed by atoms with Crippen LogP contribution in [0.1, 0.15) is 30.4 Å². The standard InChI is InChI=1S/C15H18O3/c1-10-3-8-14(18-2)13(9-10)11-4-6-12(7-5-11)15(16)17/h3-4,8-9,12H,5-7H2,1-2H3,(H,16,17). The lowest BCUT2D eigenvalue weighted by Crippen LogP contribution is -2.15. The van der Waals surface area contributed by atoms with Crippen molar-refractivity contribution >= 4 is 11.5 Å². The number of carboxylic acids is 1. The maximum absolute atomic E-state index is 10.9. The molecule has 3 nitrogen and oxygen atoms in total. The first kappa shape index (κ1) is 12.7. The van der Waals surface area contributed by atoms with E-state index in [4.69, 9.17) is 9.84 Å². The summed E-state index contributed by atoms with van der Waals surface area (Å²) in [6, 6.07) is 6.09. The molecule has 1 aliphatic rings. The number of carbonyl (C=O) groups is 1. The van der Waals surface area contributed by atoms with Gasteiger partial charge in [-0.1, -0.05) is 17.7 Å². The summed E-state index contributed by atoms with van der Waals surface area (Å²) in [6.07, 6.45) is 4.16. The molecule has 1 aromatic rings. The zero-order valence-corrected chi connectivity index (χ0v) is 10.8. The summed E-state index contributed by atoms with van der Waals surface area (Å²) in [5.74, 6) is -0.0633. The topological polar surface area (TPSA) is 46.5 Å². The first-order valence-electron chi connectivity index (χ1n) is 6.18. The fraction of sp³-hybridized carbons (Fsp3) is 0.400. The molecule has 1 aliphatic carbocycles. The highest BCUT2D eigenvalue weighted by atomic mass is 16.5. The molecule has 0 saturated heterocycles. The maximum Gasteiger partial charge on any atom is 0.306 e. The van der Waals surface area contributed by atoms with Gasteiger partial charge in [0.1, 0.15) is 5.75 Å². The van der Waals surface area contributed by atoms with Crippen LogP contribution in [0.15, 0.2) is 24.3 Å². The van der Waals surface area contributed by atoms with Crippen molar-refractivity contribution < 1.29 is 14.6 Å². The minimum atomic E-state index is -0.693. The van der Waals surface area contributed by atoms with E-state index in [-0.39, 0.29) is 5.92 Å². The van der Waals surface area contributed by atoms with Gasteiger partial charge in [-0.25, -0.2) is 0 Å². The van der Waals surface area contributed by atoms with Gasteiger partial charge in [-0.05, 0) is 43.9 Å². The van der Waals surface area contributed by atoms with E-state index in [1.54, 1.807) is 7.11 Å². The molecule has 96 valence electrons. The predicted molar refractivity (Wildman–Crippen MR) is 70.7 cm³/mol. The second-order valence-corrected chi connectivity index (χ2v) is 4.74. The molecule has 0 aromatic heterocycles. The number of allylic oxidation sites excluding steroid dienone is 2. The summed E-state index contributed by atoms with van der Waals surface area (Å²) in [7, 11) is 1.66. The van der Waals surface area contributed by atoms with Gasteiger partial charge in [0.15, 0.2) is 0 Å². The van der Waals surface area contributed by atoms with Gasteiger partial charge in [-0.3, -0.25) is 4.79 Å². The quantitative estimate of drug-likeness (QED) is 0.890. The molecule has 1 N–H and O–H groups in total. The van der Waals surface area contributed by atoms with Crippen molar-refractivity contribution in [2.45, 2.75) is 26.2 Å². The van der Waals surface area contributed by atoms with E-state index < -0.39 is 5.97 Å². The third kappa shape index (κ3) is 2.55. The first-order valence-corrected chi connectivity index (χ1v) is 6.18. The largest absolute Gasteiger partial charge is 0.496 e. The second kappa shape index (κ2) is 5.25. The van der Waals surface area contributed by atoms with Gasteiger partial charge < -0.3 is 9.84 Å². The lowest BCUT2D eigenvalue weighted by molar-refractivity contribution is -0.141. The molecule has 0 spiro atoms. The van der Waals surface area contributed by atoms with Gasteiger partial charge in [0.2, 0.25) is 0 Å². The molecule has 0 saturated carbocycles. The molecule has 0 amide bonds. The van der Waals surface area contributed by atoms with Crippen LogP contribution >= 0.6 is 0 Å². The Morgan fingerprint density at radius 2 is 2.22 bits per heavy atom. The van der Waals surface area contributed by atoms with E-state index in [1.807, 2.05) is 25.1 Å². The molecule has 18 heavy (non-hydrogen) atoms. The molecule has 0 fully saturated rings. The van der Waals surface area contributed by atoms with Crippen molar-refractivity contribution in [3.05, 3.63) is 35.4 Å². The number of methoxy groups -OCH3 is 1. The van der Waals surface area contributed by atoms with Crippen LogP contribution in [-0.4, -0.2) is 18.2 Å². The van der Waals surface area contributed by atoms with Crippen molar-refractivity contribution in [1.29, 1.82) is 0 Å². The van der Waals surface area contributed by atoms with Crippen LogP contribution in [0, 0.1) is 12.8 Å². The second-order valence-electron chi connectivity index (χ2n) is 4.74. The van der Waals surface area contributed by atoms with Crippen molar-refractivity contribution in [3.63, 3.8) is 0 Å². The molecular formula is C15H18O3. The Labute approximate surface area is 107 Å². The Bertz CT molecular complexity index is 489. The summed E-state index contributed by atoms with van der Waals surface area (Å²) in [6.45, 7) is 2.05. The zero-order valence-electron chi connectivity index (χ0n) is 10.8. The molecule has 0 radical (unpaired) electrons. The van der Waals surface area contributed by atoms with Gasteiger partial charge in [-0.2, -0.15) is 0 Å².